The number of hydrogen-bond acceptors (Lipinski definition) is 6. The maximum atomic E-state index is 13.2. The first-order chi connectivity index (χ1) is 15.5. The van der Waals surface area contributed by atoms with Crippen molar-refractivity contribution in [3.8, 4) is 17.2 Å². The van der Waals surface area contributed by atoms with Crippen LogP contribution in [0.3, 0.4) is 0 Å². The molecule has 0 radical (unpaired) electrons. The van der Waals surface area contributed by atoms with Gasteiger partial charge in [-0.1, -0.05) is 11.6 Å². The summed E-state index contributed by atoms with van der Waals surface area (Å²) in [6.07, 6.45) is 1.40. The Bertz CT molecular complexity index is 1280. The van der Waals surface area contributed by atoms with E-state index in [-0.39, 0.29) is 17.0 Å². The lowest BCUT2D eigenvalue weighted by atomic mass is 10.1. The number of ketones is 1. The van der Waals surface area contributed by atoms with Gasteiger partial charge in [-0.15, -0.1) is 0 Å². The number of aromatic amines is 1. The first-order valence-electron chi connectivity index (χ1n) is 9.47. The first kappa shape index (κ1) is 21.3. The third kappa shape index (κ3) is 3.76. The molecule has 0 spiro atoms. The highest BCUT2D eigenvalue weighted by Crippen LogP contribution is 2.39. The number of halogens is 1. The second kappa shape index (κ2) is 8.68. The van der Waals surface area contributed by atoms with Crippen LogP contribution in [-0.2, 0) is 0 Å². The van der Waals surface area contributed by atoms with Crippen LogP contribution in [0.1, 0.15) is 26.6 Å². The maximum absolute atomic E-state index is 13.2. The highest BCUT2D eigenvalue weighted by molar-refractivity contribution is 6.31. The Labute approximate surface area is 188 Å². The summed E-state index contributed by atoms with van der Waals surface area (Å²) in [7, 11) is 4.40. The lowest BCUT2D eigenvalue weighted by Crippen LogP contribution is -2.15. The lowest BCUT2D eigenvalue weighted by Gasteiger charge is -2.14. The van der Waals surface area contributed by atoms with Crippen LogP contribution >= 0.6 is 11.6 Å². The summed E-state index contributed by atoms with van der Waals surface area (Å²) in [6, 6.07) is 11.3. The van der Waals surface area contributed by atoms with Gasteiger partial charge in [0.05, 0.1) is 33.3 Å². The number of amides is 1. The number of carbonyl (C=O) groups excluding carboxylic acids is 2. The fourth-order valence-electron chi connectivity index (χ4n) is 3.40. The zero-order valence-corrected chi connectivity index (χ0v) is 18.2. The van der Waals surface area contributed by atoms with Crippen LogP contribution in [0.25, 0.3) is 10.9 Å². The van der Waals surface area contributed by atoms with Crippen molar-refractivity contribution >= 4 is 39.9 Å². The molecule has 4 rings (SSSR count). The molecule has 0 aliphatic rings. The molecule has 0 unspecified atom stereocenters. The number of benzene rings is 2. The zero-order valence-electron chi connectivity index (χ0n) is 17.4. The van der Waals surface area contributed by atoms with Crippen LogP contribution < -0.4 is 19.5 Å². The van der Waals surface area contributed by atoms with E-state index in [1.54, 1.807) is 30.3 Å². The smallest absolute Gasteiger partial charge is 0.256 e. The normalized spacial score (nSPS) is 10.8. The third-order valence-corrected chi connectivity index (χ3v) is 5.13. The molecule has 0 saturated carbocycles. The molecular formula is C23H19ClN2O6. The Balaban J connectivity index is 1.79. The van der Waals surface area contributed by atoms with Gasteiger partial charge in [-0.3, -0.25) is 9.59 Å². The minimum atomic E-state index is -0.478. The van der Waals surface area contributed by atoms with Gasteiger partial charge in [-0.05, 0) is 42.5 Å². The molecule has 8 nitrogen and oxygen atoms in total. The Morgan fingerprint density at radius 2 is 1.72 bits per heavy atom. The second-order valence-corrected chi connectivity index (χ2v) is 7.18. The predicted octanol–water partition coefficient (Wildman–Crippen LogP) is 4.92. The predicted molar refractivity (Wildman–Crippen MR) is 120 cm³/mol. The number of hydrogen-bond donors (Lipinski definition) is 2. The van der Waals surface area contributed by atoms with Gasteiger partial charge in [-0.2, -0.15) is 0 Å². The number of rotatable bonds is 7. The average molecular weight is 455 g/mol. The molecule has 0 aliphatic carbocycles. The maximum Gasteiger partial charge on any atom is 0.256 e. The van der Waals surface area contributed by atoms with Crippen LogP contribution in [0.5, 0.6) is 17.2 Å². The number of aromatic nitrogens is 1. The topological polar surface area (TPSA) is 103 Å². The van der Waals surface area contributed by atoms with Crippen molar-refractivity contribution in [2.75, 3.05) is 26.6 Å². The van der Waals surface area contributed by atoms with Gasteiger partial charge in [0.2, 0.25) is 11.5 Å². The van der Waals surface area contributed by atoms with E-state index in [0.717, 1.165) is 0 Å². The van der Waals surface area contributed by atoms with Gasteiger partial charge in [0.25, 0.3) is 5.91 Å². The molecule has 32 heavy (non-hydrogen) atoms. The van der Waals surface area contributed by atoms with E-state index in [1.165, 1.54) is 39.7 Å². The molecule has 1 amide bonds. The molecular weight excluding hydrogens is 436 g/mol. The van der Waals surface area contributed by atoms with Crippen molar-refractivity contribution in [2.24, 2.45) is 0 Å². The van der Waals surface area contributed by atoms with Gasteiger partial charge < -0.3 is 28.9 Å². The molecule has 0 aliphatic heterocycles. The standard InChI is InChI=1S/C23H19ClN2O6/c1-29-17-9-12(10-18(30-2)22(17)31-3)23(28)26-19-14-7-6-13(24)11-15(14)25-20(19)21(27)16-5-4-8-32-16/h4-11,25H,1-3H3,(H,26,28). The van der Waals surface area contributed by atoms with Crippen LogP contribution in [0, 0.1) is 0 Å². The second-order valence-electron chi connectivity index (χ2n) is 6.74. The minimum absolute atomic E-state index is 0.130. The number of methoxy groups -OCH3 is 3. The summed E-state index contributed by atoms with van der Waals surface area (Å²) in [4.78, 5) is 29.2. The molecule has 9 heteroatoms. The number of H-pyrrole nitrogens is 1. The highest BCUT2D eigenvalue weighted by atomic mass is 35.5. The van der Waals surface area contributed by atoms with Crippen LogP contribution in [0.15, 0.2) is 53.1 Å². The van der Waals surface area contributed by atoms with Crippen molar-refractivity contribution < 1.29 is 28.2 Å². The van der Waals surface area contributed by atoms with Crippen molar-refractivity contribution in [1.82, 2.24) is 4.98 Å². The largest absolute Gasteiger partial charge is 0.493 e. The quantitative estimate of drug-likeness (QED) is 0.384. The van der Waals surface area contributed by atoms with E-state index in [1.807, 2.05) is 0 Å². The summed E-state index contributed by atoms with van der Waals surface area (Å²) in [5.74, 6) is 0.258. The minimum Gasteiger partial charge on any atom is -0.493 e. The first-order valence-corrected chi connectivity index (χ1v) is 9.85. The summed E-state index contributed by atoms with van der Waals surface area (Å²) >= 11 is 6.11. The number of fused-ring (bicyclic) bond motifs is 1. The molecule has 0 saturated heterocycles. The number of ether oxygens (including phenoxy) is 3. The van der Waals surface area contributed by atoms with Crippen LogP contribution in [-0.4, -0.2) is 38.0 Å². The fourth-order valence-corrected chi connectivity index (χ4v) is 3.57. The van der Waals surface area contributed by atoms with Gasteiger partial charge in [0.15, 0.2) is 17.3 Å². The summed E-state index contributed by atoms with van der Waals surface area (Å²) in [6.45, 7) is 0. The van der Waals surface area contributed by atoms with E-state index >= 15 is 0 Å². The molecule has 164 valence electrons. The monoisotopic (exact) mass is 454 g/mol. The van der Waals surface area contributed by atoms with Gasteiger partial charge in [0, 0.05) is 21.5 Å². The zero-order chi connectivity index (χ0) is 22.8. The SMILES string of the molecule is COc1cc(C(=O)Nc2c(C(=O)c3ccco3)[nH]c3cc(Cl)ccc23)cc(OC)c1OC. The van der Waals surface area contributed by atoms with Crippen molar-refractivity contribution in [3.05, 3.63) is 70.8 Å². The van der Waals surface area contributed by atoms with Crippen LogP contribution in [0.2, 0.25) is 5.02 Å². The van der Waals surface area contributed by atoms with Gasteiger partial charge in [0.1, 0.15) is 5.69 Å². The summed E-state index contributed by atoms with van der Waals surface area (Å²) in [5, 5.41) is 3.92. The van der Waals surface area contributed by atoms with Crippen molar-refractivity contribution in [2.45, 2.75) is 0 Å². The molecule has 4 aromatic rings. The third-order valence-electron chi connectivity index (χ3n) is 4.90. The van der Waals surface area contributed by atoms with E-state index < -0.39 is 11.7 Å². The van der Waals surface area contributed by atoms with Crippen molar-refractivity contribution in [1.29, 1.82) is 0 Å². The number of anilines is 1. The van der Waals surface area contributed by atoms with Crippen LogP contribution in [0.4, 0.5) is 5.69 Å². The Morgan fingerprint density at radius 1 is 1.00 bits per heavy atom. The molecule has 2 aromatic heterocycles. The fraction of sp³-hybridized carbons (Fsp3) is 0.130. The van der Waals surface area contributed by atoms with Crippen molar-refractivity contribution in [3.63, 3.8) is 0 Å². The Morgan fingerprint density at radius 3 is 2.31 bits per heavy atom. The Kier molecular flexibility index (Phi) is 5.79. The van der Waals surface area contributed by atoms with E-state index in [4.69, 9.17) is 30.2 Å². The molecule has 0 bridgehead atoms. The lowest BCUT2D eigenvalue weighted by molar-refractivity contribution is 0.101. The molecule has 2 heterocycles. The average Bonchev–Trinajstić information content (AvgIpc) is 3.46. The molecule has 2 aromatic carbocycles. The van der Waals surface area contributed by atoms with Gasteiger partial charge in [-0.25, -0.2) is 0 Å². The summed E-state index contributed by atoms with van der Waals surface area (Å²) in [5.41, 5.74) is 1.31. The molecule has 2 N–H and O–H groups in total. The number of furan rings is 1. The molecule has 0 fully saturated rings. The number of carbonyl (C=O) groups is 2. The van der Waals surface area contributed by atoms with E-state index in [2.05, 4.69) is 10.3 Å². The van der Waals surface area contributed by atoms with E-state index in [9.17, 15) is 9.59 Å². The highest BCUT2D eigenvalue weighted by Gasteiger charge is 2.24. The van der Waals surface area contributed by atoms with Gasteiger partial charge >= 0.3 is 0 Å². The summed E-state index contributed by atoms with van der Waals surface area (Å²) < 4.78 is 21.2. The number of nitrogens with one attached hydrogen (secondary N) is 2. The molecule has 0 atom stereocenters. The van der Waals surface area contributed by atoms with E-state index in [0.29, 0.717) is 38.9 Å². The Hall–Kier alpha value is -3.91.